The fourth-order valence-electron chi connectivity index (χ4n) is 3.48. The van der Waals surface area contributed by atoms with Crippen molar-refractivity contribution >= 4 is 16.9 Å². The Morgan fingerprint density at radius 1 is 1.00 bits per heavy atom. The van der Waals surface area contributed by atoms with E-state index in [2.05, 4.69) is 10.1 Å². The molecular weight excluding hydrogens is 452 g/mol. The molecule has 2 aromatic heterocycles. The van der Waals surface area contributed by atoms with Crippen molar-refractivity contribution in [1.82, 2.24) is 10.1 Å². The van der Waals surface area contributed by atoms with Crippen molar-refractivity contribution in [2.75, 3.05) is 14.2 Å². The second-order valence-electron chi connectivity index (χ2n) is 8.91. The molecule has 4 rings (SSSR count). The highest BCUT2D eigenvalue weighted by Crippen LogP contribution is 2.35. The summed E-state index contributed by atoms with van der Waals surface area (Å²) < 4.78 is 27.0. The van der Waals surface area contributed by atoms with E-state index in [-0.39, 0.29) is 40.4 Å². The Labute approximate surface area is 201 Å². The van der Waals surface area contributed by atoms with E-state index in [4.69, 9.17) is 23.2 Å². The van der Waals surface area contributed by atoms with Gasteiger partial charge in [0.2, 0.25) is 5.82 Å². The molecule has 4 aromatic rings. The monoisotopic (exact) mass is 478 g/mol. The van der Waals surface area contributed by atoms with Gasteiger partial charge in [-0.1, -0.05) is 32.9 Å². The largest absolute Gasteiger partial charge is 0.493 e. The van der Waals surface area contributed by atoms with Crippen molar-refractivity contribution in [3.05, 3.63) is 52.4 Å². The van der Waals surface area contributed by atoms with E-state index >= 15 is 0 Å². The summed E-state index contributed by atoms with van der Waals surface area (Å²) in [6.45, 7) is 7.80. The molecule has 0 saturated heterocycles. The summed E-state index contributed by atoms with van der Waals surface area (Å²) in [6, 6.07) is 10.4. The van der Waals surface area contributed by atoms with Crippen LogP contribution in [0.5, 0.6) is 17.2 Å². The predicted molar refractivity (Wildman–Crippen MR) is 129 cm³/mol. The van der Waals surface area contributed by atoms with Crippen LogP contribution >= 0.6 is 0 Å². The zero-order valence-electron chi connectivity index (χ0n) is 20.4. The van der Waals surface area contributed by atoms with Crippen LogP contribution in [0.4, 0.5) is 0 Å². The number of hydrogen-bond donors (Lipinski definition) is 0. The smallest absolute Gasteiger partial charge is 0.349 e. The number of carbonyl (C=O) groups is 1. The van der Waals surface area contributed by atoms with E-state index in [1.807, 2.05) is 26.8 Å². The molecule has 0 spiro atoms. The van der Waals surface area contributed by atoms with E-state index in [1.54, 1.807) is 44.4 Å². The van der Waals surface area contributed by atoms with Crippen molar-refractivity contribution in [3.63, 3.8) is 0 Å². The molecule has 0 radical (unpaired) electrons. The van der Waals surface area contributed by atoms with Crippen LogP contribution in [0, 0.1) is 0 Å². The third-order valence-electron chi connectivity index (χ3n) is 5.47. The molecule has 35 heavy (non-hydrogen) atoms. The number of nitrogens with zero attached hydrogens (tertiary/aromatic N) is 2. The topological polar surface area (TPSA) is 114 Å². The molecule has 182 valence electrons. The van der Waals surface area contributed by atoms with Gasteiger partial charge in [-0.2, -0.15) is 4.98 Å². The van der Waals surface area contributed by atoms with Gasteiger partial charge in [-0.05, 0) is 47.4 Å². The molecule has 9 heteroatoms. The third-order valence-corrected chi connectivity index (χ3v) is 5.47. The van der Waals surface area contributed by atoms with Crippen molar-refractivity contribution < 1.29 is 27.9 Å². The molecular formula is C26H26N2O7. The second-order valence-corrected chi connectivity index (χ2v) is 8.91. The quantitative estimate of drug-likeness (QED) is 0.211. The zero-order valence-corrected chi connectivity index (χ0v) is 20.4. The Balaban J connectivity index is 1.82. The Hall–Kier alpha value is -4.14. The molecule has 0 fully saturated rings. The van der Waals surface area contributed by atoms with Gasteiger partial charge in [0, 0.05) is 17.4 Å². The molecule has 0 amide bonds. The summed E-state index contributed by atoms with van der Waals surface area (Å²) in [6.07, 6.45) is 0.185. The maximum absolute atomic E-state index is 12.9. The van der Waals surface area contributed by atoms with Gasteiger partial charge >= 0.3 is 11.6 Å². The number of esters is 1. The molecule has 0 aliphatic heterocycles. The normalized spacial score (nSPS) is 11.5. The first-order valence-electron chi connectivity index (χ1n) is 11.0. The van der Waals surface area contributed by atoms with Crippen LogP contribution in [0.1, 0.15) is 39.7 Å². The minimum atomic E-state index is -0.697. The van der Waals surface area contributed by atoms with Gasteiger partial charge in [-0.3, -0.25) is 4.79 Å². The maximum Gasteiger partial charge on any atom is 0.349 e. The summed E-state index contributed by atoms with van der Waals surface area (Å²) in [4.78, 5) is 29.3. The lowest BCUT2D eigenvalue weighted by atomic mass is 9.86. The van der Waals surface area contributed by atoms with Crippen LogP contribution in [-0.2, 0) is 10.2 Å². The van der Waals surface area contributed by atoms with Crippen LogP contribution in [0.2, 0.25) is 0 Å². The summed E-state index contributed by atoms with van der Waals surface area (Å²) in [5, 5.41) is 4.57. The number of rotatable bonds is 6. The van der Waals surface area contributed by atoms with Gasteiger partial charge in [0.05, 0.1) is 14.2 Å². The van der Waals surface area contributed by atoms with Crippen molar-refractivity contribution in [1.29, 1.82) is 0 Å². The van der Waals surface area contributed by atoms with Crippen LogP contribution in [0.3, 0.4) is 0 Å². The fourth-order valence-corrected chi connectivity index (χ4v) is 3.48. The SMILES string of the molecule is CCC(=O)Oc1cc(C(C)(C)C)cc2cc(-c3nc(-c4ccc(OC)c(OC)c4)no3)c(=O)oc12. The Morgan fingerprint density at radius 3 is 2.40 bits per heavy atom. The van der Waals surface area contributed by atoms with Crippen LogP contribution in [0.15, 0.2) is 50.1 Å². The molecule has 0 atom stereocenters. The van der Waals surface area contributed by atoms with Gasteiger partial charge in [0.15, 0.2) is 22.8 Å². The lowest BCUT2D eigenvalue weighted by Gasteiger charge is -2.20. The van der Waals surface area contributed by atoms with E-state index in [0.717, 1.165) is 5.56 Å². The fraction of sp³-hybridized carbons (Fsp3) is 0.308. The molecule has 0 saturated carbocycles. The molecule has 9 nitrogen and oxygen atoms in total. The molecule has 0 unspecified atom stereocenters. The minimum absolute atomic E-state index is 0.00120. The van der Waals surface area contributed by atoms with Gasteiger partial charge in [0.25, 0.3) is 5.89 Å². The first kappa shape index (κ1) is 24.0. The summed E-state index contributed by atoms with van der Waals surface area (Å²) >= 11 is 0. The van der Waals surface area contributed by atoms with Crippen LogP contribution in [-0.4, -0.2) is 30.3 Å². The Morgan fingerprint density at radius 2 is 1.74 bits per heavy atom. The average molecular weight is 479 g/mol. The highest BCUT2D eigenvalue weighted by Gasteiger charge is 2.22. The number of ether oxygens (including phenoxy) is 3. The lowest BCUT2D eigenvalue weighted by molar-refractivity contribution is -0.133. The Bertz CT molecular complexity index is 1460. The third kappa shape index (κ3) is 4.75. The number of fused-ring (bicyclic) bond motifs is 1. The summed E-state index contributed by atoms with van der Waals surface area (Å²) in [7, 11) is 3.07. The van der Waals surface area contributed by atoms with Gasteiger partial charge in [-0.25, -0.2) is 4.79 Å². The van der Waals surface area contributed by atoms with Crippen LogP contribution in [0.25, 0.3) is 33.8 Å². The summed E-state index contributed by atoms with van der Waals surface area (Å²) in [5.41, 5.74) is 0.844. The zero-order chi connectivity index (χ0) is 25.3. The van der Waals surface area contributed by atoms with Crippen LogP contribution < -0.4 is 19.8 Å². The molecule has 0 N–H and O–H groups in total. The average Bonchev–Trinajstić information content (AvgIpc) is 3.32. The number of aromatic nitrogens is 2. The molecule has 2 aromatic carbocycles. The number of carbonyl (C=O) groups excluding carboxylic acids is 1. The second kappa shape index (κ2) is 9.25. The first-order chi connectivity index (χ1) is 16.6. The highest BCUT2D eigenvalue weighted by molar-refractivity contribution is 5.88. The lowest BCUT2D eigenvalue weighted by Crippen LogP contribution is -2.13. The van der Waals surface area contributed by atoms with Gasteiger partial charge in [0.1, 0.15) is 5.56 Å². The first-order valence-corrected chi connectivity index (χ1v) is 11.0. The van der Waals surface area contributed by atoms with Crippen molar-refractivity contribution in [2.24, 2.45) is 0 Å². The molecule has 0 bridgehead atoms. The van der Waals surface area contributed by atoms with E-state index < -0.39 is 11.6 Å². The van der Waals surface area contributed by atoms with E-state index in [0.29, 0.717) is 22.4 Å². The highest BCUT2D eigenvalue weighted by atomic mass is 16.5. The molecule has 2 heterocycles. The van der Waals surface area contributed by atoms with E-state index in [1.165, 1.54) is 7.11 Å². The summed E-state index contributed by atoms with van der Waals surface area (Å²) in [5.74, 6) is 1.09. The van der Waals surface area contributed by atoms with E-state index in [9.17, 15) is 9.59 Å². The minimum Gasteiger partial charge on any atom is -0.493 e. The van der Waals surface area contributed by atoms with Crippen molar-refractivity contribution in [3.8, 4) is 40.1 Å². The van der Waals surface area contributed by atoms with Crippen molar-refractivity contribution in [2.45, 2.75) is 39.5 Å². The number of hydrogen-bond acceptors (Lipinski definition) is 9. The molecule has 0 aliphatic rings. The number of methoxy groups -OCH3 is 2. The molecule has 0 aliphatic carbocycles. The standard InChI is InChI=1S/C26H26N2O7/c1-7-21(29)33-20-13-16(26(2,3)4)10-15-11-17(25(30)34-22(15)20)24-27-23(28-35-24)14-8-9-18(31-5)19(12-14)32-6/h8-13H,7H2,1-6H3. The predicted octanol–water partition coefficient (Wildman–Crippen LogP) is 5.14. The number of benzene rings is 2. The van der Waals surface area contributed by atoms with Gasteiger partial charge < -0.3 is 23.2 Å². The maximum atomic E-state index is 12.9. The van der Waals surface area contributed by atoms with Gasteiger partial charge in [-0.15, -0.1) is 0 Å². The Kier molecular flexibility index (Phi) is 6.34.